The maximum absolute atomic E-state index is 5.46. The number of rotatable bonds is 3. The molecule has 10 rings (SSSR count). The Balaban J connectivity index is 1.34. The molecule has 0 radical (unpaired) electrons. The van der Waals surface area contributed by atoms with Gasteiger partial charge in [0.15, 0.2) is 0 Å². The molecule has 0 fully saturated rings. The normalized spacial score (nSPS) is 12.0. The van der Waals surface area contributed by atoms with Gasteiger partial charge in [0.1, 0.15) is 0 Å². The van der Waals surface area contributed by atoms with Gasteiger partial charge in [-0.05, 0) is 57.0 Å². The number of aromatic nitrogens is 3. The molecule has 208 valence electrons. The summed E-state index contributed by atoms with van der Waals surface area (Å²) < 4.78 is 2.29. The minimum Gasteiger partial charge on any atom is -0.277 e. The summed E-state index contributed by atoms with van der Waals surface area (Å²) in [6, 6.07) is 54.0. The molecular weight excluding hydrogens is 546 g/mol. The van der Waals surface area contributed by atoms with Crippen LogP contribution in [0.1, 0.15) is 0 Å². The van der Waals surface area contributed by atoms with E-state index in [1.54, 1.807) is 0 Å². The zero-order chi connectivity index (χ0) is 29.5. The Morgan fingerprint density at radius 1 is 0.400 bits per heavy atom. The highest BCUT2D eigenvalue weighted by Crippen LogP contribution is 2.51. The summed E-state index contributed by atoms with van der Waals surface area (Å²) >= 11 is 0. The lowest BCUT2D eigenvalue weighted by molar-refractivity contribution is 1.02. The molecule has 0 aliphatic heterocycles. The lowest BCUT2D eigenvalue weighted by atomic mass is 9.96. The largest absolute Gasteiger partial charge is 0.277 e. The van der Waals surface area contributed by atoms with Crippen molar-refractivity contribution in [2.45, 2.75) is 0 Å². The first-order valence-electron chi connectivity index (χ1n) is 15.4. The van der Waals surface area contributed by atoms with E-state index in [-0.39, 0.29) is 0 Å². The molecular formula is C42H25N3. The van der Waals surface area contributed by atoms with Crippen molar-refractivity contribution in [2.24, 2.45) is 0 Å². The van der Waals surface area contributed by atoms with Crippen LogP contribution in [0.2, 0.25) is 0 Å². The minimum atomic E-state index is 0.675. The topological polar surface area (TPSA) is 30.7 Å². The molecule has 3 heteroatoms. The molecule has 0 unspecified atom stereocenters. The molecule has 0 spiro atoms. The van der Waals surface area contributed by atoms with Gasteiger partial charge in [-0.2, -0.15) is 0 Å². The van der Waals surface area contributed by atoms with E-state index in [2.05, 4.69) is 156 Å². The molecule has 7 aromatic carbocycles. The number of para-hydroxylation sites is 2. The summed E-state index contributed by atoms with van der Waals surface area (Å²) in [4.78, 5) is 10.7. The van der Waals surface area contributed by atoms with Crippen molar-refractivity contribution < 1.29 is 0 Å². The van der Waals surface area contributed by atoms with Crippen molar-refractivity contribution in [2.75, 3.05) is 0 Å². The van der Waals surface area contributed by atoms with E-state index in [0.29, 0.717) is 5.95 Å². The Morgan fingerprint density at radius 3 is 1.87 bits per heavy atom. The Kier molecular flexibility index (Phi) is 5.00. The molecule has 0 saturated heterocycles. The minimum absolute atomic E-state index is 0.675. The van der Waals surface area contributed by atoms with Gasteiger partial charge < -0.3 is 0 Å². The van der Waals surface area contributed by atoms with Crippen LogP contribution in [-0.4, -0.2) is 14.5 Å². The lowest BCUT2D eigenvalue weighted by Crippen LogP contribution is -2.04. The van der Waals surface area contributed by atoms with Crippen LogP contribution in [-0.2, 0) is 0 Å². The monoisotopic (exact) mass is 571 g/mol. The zero-order valence-electron chi connectivity index (χ0n) is 24.3. The molecule has 9 aromatic rings. The van der Waals surface area contributed by atoms with E-state index < -0.39 is 0 Å². The Labute approximate surface area is 259 Å². The highest BCUT2D eigenvalue weighted by molar-refractivity contribution is 6.27. The van der Waals surface area contributed by atoms with Crippen LogP contribution in [0.5, 0.6) is 0 Å². The van der Waals surface area contributed by atoms with Crippen molar-refractivity contribution in [3.8, 4) is 50.6 Å². The third-order valence-electron chi connectivity index (χ3n) is 9.36. The Hall–Kier alpha value is -6.06. The predicted molar refractivity (Wildman–Crippen MR) is 187 cm³/mol. The van der Waals surface area contributed by atoms with E-state index in [4.69, 9.17) is 9.97 Å². The van der Waals surface area contributed by atoms with E-state index in [1.807, 2.05) is 0 Å². The van der Waals surface area contributed by atoms with Crippen LogP contribution >= 0.6 is 0 Å². The molecule has 0 bridgehead atoms. The summed E-state index contributed by atoms with van der Waals surface area (Å²) in [5, 5.41) is 5.96. The average molecular weight is 572 g/mol. The Morgan fingerprint density at radius 2 is 1.02 bits per heavy atom. The molecule has 3 nitrogen and oxygen atoms in total. The second-order valence-electron chi connectivity index (χ2n) is 11.7. The zero-order valence-corrected chi connectivity index (χ0v) is 24.3. The number of nitrogens with zero attached hydrogens (tertiary/aromatic N) is 3. The molecule has 2 heterocycles. The van der Waals surface area contributed by atoms with E-state index in [9.17, 15) is 0 Å². The third-order valence-corrected chi connectivity index (χ3v) is 9.36. The molecule has 1 aliphatic carbocycles. The molecule has 45 heavy (non-hydrogen) atoms. The molecule has 0 amide bonds. The molecule has 1 aliphatic rings. The quantitative estimate of drug-likeness (QED) is 0.211. The van der Waals surface area contributed by atoms with Crippen molar-refractivity contribution in [3.63, 3.8) is 0 Å². The molecule has 0 saturated carbocycles. The van der Waals surface area contributed by atoms with Crippen molar-refractivity contribution >= 4 is 43.5 Å². The van der Waals surface area contributed by atoms with Gasteiger partial charge in [0.25, 0.3) is 0 Å². The average Bonchev–Trinajstić information content (AvgIpc) is 3.62. The fourth-order valence-corrected chi connectivity index (χ4v) is 7.46. The van der Waals surface area contributed by atoms with Gasteiger partial charge in [-0.25, -0.2) is 9.97 Å². The van der Waals surface area contributed by atoms with E-state index in [0.717, 1.165) is 38.8 Å². The van der Waals surface area contributed by atoms with Crippen LogP contribution in [0.25, 0.3) is 94.1 Å². The van der Waals surface area contributed by atoms with Gasteiger partial charge in [0.05, 0.1) is 22.2 Å². The summed E-state index contributed by atoms with van der Waals surface area (Å²) in [7, 11) is 0. The highest BCUT2D eigenvalue weighted by Gasteiger charge is 2.26. The fraction of sp³-hybridized carbons (Fsp3) is 0. The summed E-state index contributed by atoms with van der Waals surface area (Å²) in [6.07, 6.45) is 0. The molecule has 0 atom stereocenters. The van der Waals surface area contributed by atoms with Gasteiger partial charge >= 0.3 is 0 Å². The van der Waals surface area contributed by atoms with Crippen molar-refractivity contribution in [1.29, 1.82) is 0 Å². The highest BCUT2D eigenvalue weighted by atomic mass is 15.2. The van der Waals surface area contributed by atoms with Gasteiger partial charge in [-0.1, -0.05) is 133 Å². The number of hydrogen-bond acceptors (Lipinski definition) is 2. The number of benzene rings is 7. The third kappa shape index (κ3) is 3.41. The smallest absolute Gasteiger partial charge is 0.235 e. The summed E-state index contributed by atoms with van der Waals surface area (Å²) in [5.74, 6) is 0.675. The molecule has 2 aromatic heterocycles. The van der Waals surface area contributed by atoms with E-state index in [1.165, 1.54) is 49.4 Å². The number of hydrogen-bond donors (Lipinski definition) is 0. The first-order chi connectivity index (χ1) is 22.3. The SMILES string of the molecule is c1ccc(-c2ccccc2-c2nc(-n3c4ccccc4c4cc5c6c(cccc6c43)-c3ccccc3-5)nc3ccccc23)cc1. The first-order valence-corrected chi connectivity index (χ1v) is 15.4. The van der Waals surface area contributed by atoms with Gasteiger partial charge in [-0.15, -0.1) is 0 Å². The fourth-order valence-electron chi connectivity index (χ4n) is 7.46. The van der Waals surface area contributed by atoms with Crippen LogP contribution in [0.15, 0.2) is 152 Å². The first kappa shape index (κ1) is 24.4. The standard InChI is InChI=1S/C42H25N3/c1-2-13-26(14-3-1)27-15-4-7-19-32(27)40-33-20-8-10-23-37(33)43-42(44-40)45-38-24-11-9-18-30(38)36-25-35-29-17-6-5-16-28(29)31-21-12-22-34(39(31)35)41(36)45/h1-25H. The Bertz CT molecular complexity index is 2650. The number of fused-ring (bicyclic) bond motifs is 8. The molecule has 0 N–H and O–H groups in total. The van der Waals surface area contributed by atoms with Gasteiger partial charge in [0, 0.05) is 27.1 Å². The van der Waals surface area contributed by atoms with E-state index >= 15 is 0 Å². The maximum atomic E-state index is 5.46. The van der Waals surface area contributed by atoms with Crippen LogP contribution in [0, 0.1) is 0 Å². The summed E-state index contributed by atoms with van der Waals surface area (Å²) in [6.45, 7) is 0. The predicted octanol–water partition coefficient (Wildman–Crippen LogP) is 10.9. The summed E-state index contributed by atoms with van der Waals surface area (Å²) in [5.41, 5.74) is 12.7. The van der Waals surface area contributed by atoms with Crippen LogP contribution in [0.4, 0.5) is 0 Å². The van der Waals surface area contributed by atoms with Crippen molar-refractivity contribution in [3.05, 3.63) is 152 Å². The maximum Gasteiger partial charge on any atom is 0.235 e. The van der Waals surface area contributed by atoms with Gasteiger partial charge in [-0.3, -0.25) is 4.57 Å². The van der Waals surface area contributed by atoms with Crippen molar-refractivity contribution in [1.82, 2.24) is 14.5 Å². The second-order valence-corrected chi connectivity index (χ2v) is 11.7. The van der Waals surface area contributed by atoms with Crippen LogP contribution < -0.4 is 0 Å². The van der Waals surface area contributed by atoms with Crippen LogP contribution in [0.3, 0.4) is 0 Å². The second kappa shape index (κ2) is 9.22. The lowest BCUT2D eigenvalue weighted by Gasteiger charge is -2.15. The van der Waals surface area contributed by atoms with Gasteiger partial charge in [0.2, 0.25) is 5.95 Å².